The van der Waals surface area contributed by atoms with Crippen molar-refractivity contribution in [2.45, 2.75) is 26.8 Å². The Morgan fingerprint density at radius 3 is 2.56 bits per heavy atom. The Morgan fingerprint density at radius 1 is 1.16 bits per heavy atom. The second-order valence-electron chi connectivity index (χ2n) is 7.71. The molecule has 0 fully saturated rings. The van der Waals surface area contributed by atoms with Gasteiger partial charge in [0.15, 0.2) is 12.3 Å². The second kappa shape index (κ2) is 8.92. The highest BCUT2D eigenvalue weighted by molar-refractivity contribution is 7.13. The fraction of sp³-hybridized carbons (Fsp3) is 0.250. The van der Waals surface area contributed by atoms with Gasteiger partial charge < -0.3 is 9.64 Å². The van der Waals surface area contributed by atoms with Crippen molar-refractivity contribution >= 4 is 39.9 Å². The predicted octanol–water partition coefficient (Wildman–Crippen LogP) is 4.60. The molecule has 3 aromatic heterocycles. The Kier molecular flexibility index (Phi) is 6.05. The summed E-state index contributed by atoms with van der Waals surface area (Å²) in [5.41, 5.74) is 3.06. The van der Waals surface area contributed by atoms with E-state index in [9.17, 15) is 9.59 Å². The molecule has 4 rings (SSSR count). The van der Waals surface area contributed by atoms with Crippen LogP contribution in [-0.4, -0.2) is 39.3 Å². The molecule has 32 heavy (non-hydrogen) atoms. The van der Waals surface area contributed by atoms with Crippen molar-refractivity contribution in [3.05, 3.63) is 65.2 Å². The van der Waals surface area contributed by atoms with E-state index < -0.39 is 5.97 Å². The molecule has 7 nitrogen and oxygen atoms in total. The van der Waals surface area contributed by atoms with Crippen molar-refractivity contribution in [3.8, 4) is 10.6 Å². The van der Waals surface area contributed by atoms with E-state index in [0.717, 1.165) is 10.6 Å². The van der Waals surface area contributed by atoms with Crippen LogP contribution in [0.1, 0.15) is 29.9 Å². The molecule has 4 aromatic rings. The lowest BCUT2D eigenvalue weighted by Crippen LogP contribution is -2.39. The van der Waals surface area contributed by atoms with Gasteiger partial charge in [-0.05, 0) is 50.4 Å². The maximum atomic E-state index is 13.1. The largest absolute Gasteiger partial charge is 0.452 e. The summed E-state index contributed by atoms with van der Waals surface area (Å²) in [4.78, 5) is 33.3. The summed E-state index contributed by atoms with van der Waals surface area (Å²) < 4.78 is 7.15. The number of benzene rings is 1. The summed E-state index contributed by atoms with van der Waals surface area (Å²) in [6.07, 6.45) is 0. The van der Waals surface area contributed by atoms with Crippen LogP contribution in [0.3, 0.4) is 0 Å². The molecule has 0 radical (unpaired) electrons. The zero-order valence-electron chi connectivity index (χ0n) is 18.4. The minimum Gasteiger partial charge on any atom is -0.452 e. The van der Waals surface area contributed by atoms with E-state index in [-0.39, 0.29) is 18.6 Å². The van der Waals surface area contributed by atoms with Crippen molar-refractivity contribution in [2.24, 2.45) is 7.05 Å². The van der Waals surface area contributed by atoms with Crippen LogP contribution in [0.2, 0.25) is 0 Å². The summed E-state index contributed by atoms with van der Waals surface area (Å²) in [5, 5.41) is 7.00. The van der Waals surface area contributed by atoms with Crippen LogP contribution < -0.4 is 4.90 Å². The highest BCUT2D eigenvalue weighted by atomic mass is 32.1. The monoisotopic (exact) mass is 448 g/mol. The zero-order chi connectivity index (χ0) is 22.8. The fourth-order valence-electron chi connectivity index (χ4n) is 3.75. The molecule has 1 aromatic carbocycles. The van der Waals surface area contributed by atoms with E-state index >= 15 is 0 Å². The molecular formula is C24H24N4O3S. The summed E-state index contributed by atoms with van der Waals surface area (Å²) in [7, 11) is 1.79. The van der Waals surface area contributed by atoms with Gasteiger partial charge in [0, 0.05) is 18.8 Å². The van der Waals surface area contributed by atoms with Gasteiger partial charge in [-0.15, -0.1) is 11.3 Å². The number of aromatic nitrogens is 3. The topological polar surface area (TPSA) is 77.3 Å². The van der Waals surface area contributed by atoms with E-state index in [2.05, 4.69) is 5.10 Å². The number of aryl methyl sites for hydroxylation is 2. The molecule has 8 heteroatoms. The molecule has 1 amide bonds. The molecule has 0 unspecified atom stereocenters. The number of ether oxygens (including phenoxy) is 1. The van der Waals surface area contributed by atoms with Gasteiger partial charge in [-0.3, -0.25) is 9.48 Å². The van der Waals surface area contributed by atoms with Crippen molar-refractivity contribution in [3.63, 3.8) is 0 Å². The van der Waals surface area contributed by atoms with Gasteiger partial charge in [-0.2, -0.15) is 5.10 Å². The number of nitrogens with zero attached hydrogens (tertiary/aromatic N) is 4. The Hall–Kier alpha value is -3.52. The number of para-hydroxylation sites is 1. The summed E-state index contributed by atoms with van der Waals surface area (Å²) in [5.74, 6) is -0.859. The number of pyridine rings is 1. The molecule has 0 saturated carbocycles. The number of rotatable bonds is 6. The molecular weight excluding hydrogens is 424 g/mol. The molecule has 164 valence electrons. The van der Waals surface area contributed by atoms with Gasteiger partial charge in [-0.25, -0.2) is 9.78 Å². The number of fused-ring (bicyclic) bond motifs is 1. The van der Waals surface area contributed by atoms with Crippen LogP contribution in [0.15, 0.2) is 53.9 Å². The highest BCUT2D eigenvalue weighted by Gasteiger charge is 2.24. The predicted molar refractivity (Wildman–Crippen MR) is 126 cm³/mol. The maximum absolute atomic E-state index is 13.1. The molecule has 0 bridgehead atoms. The third-order valence-corrected chi connectivity index (χ3v) is 6.00. The van der Waals surface area contributed by atoms with Gasteiger partial charge in [0.1, 0.15) is 0 Å². The first kappa shape index (κ1) is 21.7. The quantitative estimate of drug-likeness (QED) is 0.403. The Bertz CT molecular complexity index is 1260. The van der Waals surface area contributed by atoms with Crippen molar-refractivity contribution in [1.29, 1.82) is 0 Å². The molecule has 0 aliphatic carbocycles. The smallest absolute Gasteiger partial charge is 0.339 e. The molecule has 0 N–H and O–H groups in total. The molecule has 3 heterocycles. The van der Waals surface area contributed by atoms with E-state index in [1.165, 1.54) is 11.3 Å². The van der Waals surface area contributed by atoms with Crippen LogP contribution >= 0.6 is 11.3 Å². The average Bonchev–Trinajstić information content (AvgIpc) is 3.41. The standard InChI is InChI=1S/C24H24N4O3S/c1-15(2)28(17-9-6-5-7-10-17)21(29)14-31-24(30)18-13-19(20-11-8-12-32-20)25-23-22(18)16(3)26-27(23)4/h5-13,15H,14H2,1-4H3. The number of hydrogen-bond donors (Lipinski definition) is 0. The Balaban J connectivity index is 1.63. The molecule has 0 atom stereocenters. The minimum absolute atomic E-state index is 0.0813. The fourth-order valence-corrected chi connectivity index (χ4v) is 4.44. The number of hydrogen-bond acceptors (Lipinski definition) is 6. The van der Waals surface area contributed by atoms with E-state index in [4.69, 9.17) is 9.72 Å². The highest BCUT2D eigenvalue weighted by Crippen LogP contribution is 2.29. The number of amides is 1. The summed E-state index contributed by atoms with van der Waals surface area (Å²) in [6.45, 7) is 5.31. The van der Waals surface area contributed by atoms with Crippen LogP contribution in [-0.2, 0) is 16.6 Å². The van der Waals surface area contributed by atoms with Crippen LogP contribution in [0.5, 0.6) is 0 Å². The summed E-state index contributed by atoms with van der Waals surface area (Å²) in [6, 6.07) is 14.9. The van der Waals surface area contributed by atoms with Crippen molar-refractivity contribution < 1.29 is 14.3 Å². The zero-order valence-corrected chi connectivity index (χ0v) is 19.2. The first-order chi connectivity index (χ1) is 15.4. The van der Waals surface area contributed by atoms with E-state index in [1.54, 1.807) is 22.7 Å². The molecule has 0 aliphatic heterocycles. The Morgan fingerprint density at radius 2 is 1.91 bits per heavy atom. The number of carbonyl (C=O) groups is 2. The third-order valence-electron chi connectivity index (χ3n) is 5.11. The number of esters is 1. The van der Waals surface area contributed by atoms with Gasteiger partial charge >= 0.3 is 5.97 Å². The minimum atomic E-state index is -0.573. The third kappa shape index (κ3) is 4.13. The maximum Gasteiger partial charge on any atom is 0.339 e. The molecule has 0 saturated heterocycles. The van der Waals surface area contributed by atoms with Crippen LogP contribution in [0.4, 0.5) is 5.69 Å². The number of thiophene rings is 1. The lowest BCUT2D eigenvalue weighted by atomic mass is 10.1. The van der Waals surface area contributed by atoms with E-state index in [0.29, 0.717) is 28.0 Å². The molecule has 0 spiro atoms. The van der Waals surface area contributed by atoms with Gasteiger partial charge in [0.25, 0.3) is 5.91 Å². The SMILES string of the molecule is Cc1nn(C)c2nc(-c3cccs3)cc(C(=O)OCC(=O)N(c3ccccc3)C(C)C)c12. The van der Waals surface area contributed by atoms with Gasteiger partial charge in [0.2, 0.25) is 0 Å². The van der Waals surface area contributed by atoms with Crippen molar-refractivity contribution in [1.82, 2.24) is 14.8 Å². The number of carbonyl (C=O) groups excluding carboxylic acids is 2. The average molecular weight is 449 g/mol. The van der Waals surface area contributed by atoms with Gasteiger partial charge in [-0.1, -0.05) is 24.3 Å². The van der Waals surface area contributed by atoms with Gasteiger partial charge in [0.05, 0.1) is 27.2 Å². The second-order valence-corrected chi connectivity index (χ2v) is 8.66. The van der Waals surface area contributed by atoms with Crippen LogP contribution in [0.25, 0.3) is 21.6 Å². The lowest BCUT2D eigenvalue weighted by Gasteiger charge is -2.26. The summed E-state index contributed by atoms with van der Waals surface area (Å²) >= 11 is 1.54. The lowest BCUT2D eigenvalue weighted by molar-refractivity contribution is -0.122. The first-order valence-corrected chi connectivity index (χ1v) is 11.2. The van der Waals surface area contributed by atoms with Crippen LogP contribution in [0, 0.1) is 6.92 Å². The number of anilines is 1. The normalized spacial score (nSPS) is 11.2. The van der Waals surface area contributed by atoms with Crippen molar-refractivity contribution in [2.75, 3.05) is 11.5 Å². The Labute approximate surface area is 190 Å². The first-order valence-electron chi connectivity index (χ1n) is 10.3. The van der Waals surface area contributed by atoms with E-state index in [1.807, 2.05) is 68.6 Å². The molecule has 0 aliphatic rings.